The number of hydrogen-bond donors (Lipinski definition) is 2. The van der Waals surface area contributed by atoms with Gasteiger partial charge in [-0.25, -0.2) is 13.2 Å². The van der Waals surface area contributed by atoms with Gasteiger partial charge in [-0.1, -0.05) is 24.4 Å². The average molecular weight is 334 g/mol. The summed E-state index contributed by atoms with van der Waals surface area (Å²) in [5.74, 6) is -1.14. The van der Waals surface area contributed by atoms with E-state index < -0.39 is 21.2 Å². The van der Waals surface area contributed by atoms with E-state index in [1.54, 1.807) is 0 Å². The molecule has 1 aliphatic carbocycles. The van der Waals surface area contributed by atoms with Crippen LogP contribution in [0.25, 0.3) is 0 Å². The van der Waals surface area contributed by atoms with Crippen molar-refractivity contribution >= 4 is 33.3 Å². The first kappa shape index (κ1) is 15.9. The molecule has 0 atom stereocenters. The number of nitrogens with one attached hydrogen (secondary N) is 1. The van der Waals surface area contributed by atoms with Crippen LogP contribution in [-0.2, 0) is 10.0 Å². The van der Waals surface area contributed by atoms with Crippen molar-refractivity contribution < 1.29 is 23.1 Å². The Hall–Kier alpha value is -1.47. The van der Waals surface area contributed by atoms with Gasteiger partial charge in [0.2, 0.25) is 10.0 Å². The highest BCUT2D eigenvalue weighted by atomic mass is 35.5. The van der Waals surface area contributed by atoms with E-state index in [0.717, 1.165) is 12.8 Å². The van der Waals surface area contributed by atoms with Crippen molar-refractivity contribution in [3.05, 3.63) is 22.7 Å². The summed E-state index contributed by atoms with van der Waals surface area (Å²) in [5.41, 5.74) is 0.0109. The van der Waals surface area contributed by atoms with Crippen LogP contribution >= 0.6 is 11.6 Å². The molecule has 0 amide bonds. The third-order valence-corrected chi connectivity index (χ3v) is 5.68. The molecule has 1 aliphatic rings. The minimum Gasteiger partial charge on any atom is -0.496 e. The third-order valence-electron chi connectivity index (χ3n) is 3.51. The lowest BCUT2D eigenvalue weighted by Gasteiger charge is -2.16. The van der Waals surface area contributed by atoms with Crippen molar-refractivity contribution in [2.24, 2.45) is 0 Å². The minimum atomic E-state index is -3.53. The van der Waals surface area contributed by atoms with Crippen molar-refractivity contribution in [3.63, 3.8) is 0 Å². The quantitative estimate of drug-likeness (QED) is 0.864. The largest absolute Gasteiger partial charge is 0.496 e. The van der Waals surface area contributed by atoms with Crippen molar-refractivity contribution in [1.29, 1.82) is 0 Å². The van der Waals surface area contributed by atoms with Crippen LogP contribution in [-0.4, -0.2) is 31.9 Å². The number of halogens is 1. The Morgan fingerprint density at radius 2 is 2.00 bits per heavy atom. The molecule has 0 heterocycles. The van der Waals surface area contributed by atoms with E-state index >= 15 is 0 Å². The third kappa shape index (κ3) is 3.41. The molecule has 21 heavy (non-hydrogen) atoms. The molecule has 1 fully saturated rings. The zero-order valence-corrected chi connectivity index (χ0v) is 13.0. The summed E-state index contributed by atoms with van der Waals surface area (Å²) in [6, 6.07) is 2.47. The zero-order valence-electron chi connectivity index (χ0n) is 11.4. The first-order valence-corrected chi connectivity index (χ1v) is 8.40. The van der Waals surface area contributed by atoms with Crippen LogP contribution < -0.4 is 9.46 Å². The maximum Gasteiger partial charge on any atom is 0.339 e. The monoisotopic (exact) mass is 333 g/mol. The smallest absolute Gasteiger partial charge is 0.339 e. The van der Waals surface area contributed by atoms with Gasteiger partial charge in [0.05, 0.1) is 23.1 Å². The molecule has 0 spiro atoms. The van der Waals surface area contributed by atoms with Gasteiger partial charge < -0.3 is 9.84 Å². The standard InChI is InChI=1S/C13H16ClNO5S/c1-20-12-7-11(10(14)6-9(12)13(16)17)15-21(18,19)8-4-2-3-5-8/h6-8,15H,2-5H2,1H3,(H,16,17). The molecule has 8 heteroatoms. The molecule has 0 aromatic heterocycles. The number of methoxy groups -OCH3 is 1. The molecular formula is C13H16ClNO5S. The van der Waals surface area contributed by atoms with Crippen LogP contribution in [0, 0.1) is 0 Å². The van der Waals surface area contributed by atoms with Gasteiger partial charge in [0, 0.05) is 6.07 Å². The Balaban J connectivity index is 2.34. The summed E-state index contributed by atoms with van der Waals surface area (Å²) in [4.78, 5) is 11.1. The summed E-state index contributed by atoms with van der Waals surface area (Å²) in [6.45, 7) is 0. The lowest BCUT2D eigenvalue weighted by atomic mass is 10.2. The molecule has 2 rings (SSSR count). The van der Waals surface area contributed by atoms with E-state index in [-0.39, 0.29) is 22.0 Å². The number of aromatic carboxylic acids is 1. The molecule has 0 saturated heterocycles. The van der Waals surface area contributed by atoms with Crippen LogP contribution in [0.5, 0.6) is 5.75 Å². The molecule has 0 radical (unpaired) electrons. The lowest BCUT2D eigenvalue weighted by molar-refractivity contribution is 0.0693. The van der Waals surface area contributed by atoms with Gasteiger partial charge >= 0.3 is 5.97 Å². The van der Waals surface area contributed by atoms with E-state index in [9.17, 15) is 13.2 Å². The van der Waals surface area contributed by atoms with Gasteiger partial charge in [0.1, 0.15) is 11.3 Å². The Labute approximate surface area is 128 Å². The lowest BCUT2D eigenvalue weighted by Crippen LogP contribution is -2.25. The molecule has 1 aromatic rings. The number of anilines is 1. The number of ether oxygens (including phenoxy) is 1. The van der Waals surface area contributed by atoms with E-state index in [0.29, 0.717) is 12.8 Å². The molecule has 1 aromatic carbocycles. The fourth-order valence-electron chi connectivity index (χ4n) is 2.40. The van der Waals surface area contributed by atoms with Crippen molar-refractivity contribution in [1.82, 2.24) is 0 Å². The van der Waals surface area contributed by atoms with Gasteiger partial charge in [-0.3, -0.25) is 4.72 Å². The molecule has 0 aliphatic heterocycles. The van der Waals surface area contributed by atoms with Crippen LogP contribution in [0.1, 0.15) is 36.0 Å². The summed E-state index contributed by atoms with van der Waals surface area (Å²) in [5, 5.41) is 8.63. The van der Waals surface area contributed by atoms with Gasteiger partial charge in [-0.05, 0) is 18.9 Å². The Kier molecular flexibility index (Phi) is 4.63. The van der Waals surface area contributed by atoms with Crippen molar-refractivity contribution in [2.45, 2.75) is 30.9 Å². The normalized spacial score (nSPS) is 15.9. The molecule has 116 valence electrons. The Morgan fingerprint density at radius 1 is 1.38 bits per heavy atom. The first-order valence-electron chi connectivity index (χ1n) is 6.47. The summed E-state index contributed by atoms with van der Waals surface area (Å²) < 4.78 is 31.9. The van der Waals surface area contributed by atoms with Crippen molar-refractivity contribution in [3.8, 4) is 5.75 Å². The van der Waals surface area contributed by atoms with Gasteiger partial charge in [0.15, 0.2) is 0 Å². The molecule has 0 unspecified atom stereocenters. The maximum atomic E-state index is 12.2. The molecule has 6 nitrogen and oxygen atoms in total. The second-order valence-corrected chi connectivity index (χ2v) is 7.26. The minimum absolute atomic E-state index is 0.0229. The predicted octanol–water partition coefficient (Wildman–Crippen LogP) is 2.73. The second kappa shape index (κ2) is 6.11. The van der Waals surface area contributed by atoms with Gasteiger partial charge in [-0.2, -0.15) is 0 Å². The van der Waals surface area contributed by atoms with E-state index in [1.165, 1.54) is 19.2 Å². The van der Waals surface area contributed by atoms with Crippen LogP contribution in [0.3, 0.4) is 0 Å². The summed E-state index contributed by atoms with van der Waals surface area (Å²) in [6.07, 6.45) is 3.02. The fourth-order valence-corrected chi connectivity index (χ4v) is 4.27. The Morgan fingerprint density at radius 3 is 2.52 bits per heavy atom. The van der Waals surface area contributed by atoms with Crippen LogP contribution in [0.2, 0.25) is 5.02 Å². The van der Waals surface area contributed by atoms with Gasteiger partial charge in [0.25, 0.3) is 0 Å². The number of carboxylic acid groups (broad SMARTS) is 1. The highest BCUT2D eigenvalue weighted by molar-refractivity contribution is 7.93. The highest BCUT2D eigenvalue weighted by Gasteiger charge is 2.29. The zero-order chi connectivity index (χ0) is 15.6. The van der Waals surface area contributed by atoms with E-state index in [2.05, 4.69) is 4.72 Å². The summed E-state index contributed by atoms with van der Waals surface area (Å²) >= 11 is 5.97. The number of sulfonamides is 1. The molecule has 2 N–H and O–H groups in total. The van der Waals surface area contributed by atoms with Crippen LogP contribution in [0.4, 0.5) is 5.69 Å². The summed E-state index contributed by atoms with van der Waals surface area (Å²) in [7, 11) is -2.22. The number of benzene rings is 1. The molecular weight excluding hydrogens is 318 g/mol. The average Bonchev–Trinajstić information content (AvgIpc) is 2.95. The molecule has 1 saturated carbocycles. The maximum absolute atomic E-state index is 12.2. The number of carboxylic acids is 1. The second-order valence-electron chi connectivity index (χ2n) is 4.89. The number of hydrogen-bond acceptors (Lipinski definition) is 4. The SMILES string of the molecule is COc1cc(NS(=O)(=O)C2CCCC2)c(Cl)cc1C(=O)O. The number of rotatable bonds is 5. The molecule has 0 bridgehead atoms. The topological polar surface area (TPSA) is 92.7 Å². The highest BCUT2D eigenvalue weighted by Crippen LogP contribution is 2.33. The first-order chi connectivity index (χ1) is 9.85. The number of carbonyl (C=O) groups is 1. The van der Waals surface area contributed by atoms with E-state index in [1.807, 2.05) is 0 Å². The Bertz CT molecular complexity index is 653. The van der Waals surface area contributed by atoms with Gasteiger partial charge in [-0.15, -0.1) is 0 Å². The van der Waals surface area contributed by atoms with Crippen molar-refractivity contribution in [2.75, 3.05) is 11.8 Å². The predicted molar refractivity (Wildman–Crippen MR) is 79.8 cm³/mol. The fraction of sp³-hybridized carbons (Fsp3) is 0.462. The van der Waals surface area contributed by atoms with E-state index in [4.69, 9.17) is 21.4 Å². The van der Waals surface area contributed by atoms with Crippen LogP contribution in [0.15, 0.2) is 12.1 Å².